The van der Waals surface area contributed by atoms with Crippen LogP contribution in [-0.2, 0) is 4.79 Å². The van der Waals surface area contributed by atoms with E-state index in [2.05, 4.69) is 5.32 Å². The molecule has 0 amide bonds. The number of hydrogen-bond acceptors (Lipinski definition) is 4. The first-order chi connectivity index (χ1) is 9.56. The van der Waals surface area contributed by atoms with Crippen molar-refractivity contribution in [3.63, 3.8) is 0 Å². The van der Waals surface area contributed by atoms with Crippen molar-refractivity contribution in [3.8, 4) is 5.75 Å². The van der Waals surface area contributed by atoms with Gasteiger partial charge in [0.1, 0.15) is 5.75 Å². The highest BCUT2D eigenvalue weighted by molar-refractivity contribution is 7.10. The van der Waals surface area contributed by atoms with Gasteiger partial charge in [0, 0.05) is 10.9 Å². The third-order valence-corrected chi connectivity index (χ3v) is 4.10. The lowest BCUT2D eigenvalue weighted by atomic mass is 10.1. The first-order valence-corrected chi connectivity index (χ1v) is 7.24. The number of carboxylic acids is 1. The Morgan fingerprint density at radius 2 is 2.00 bits per heavy atom. The number of nitrogens with one attached hydrogen (secondary N) is 1. The van der Waals surface area contributed by atoms with E-state index in [9.17, 15) is 9.90 Å². The van der Waals surface area contributed by atoms with Crippen LogP contribution >= 0.6 is 11.3 Å². The second-order valence-corrected chi connectivity index (χ2v) is 5.63. The first kappa shape index (κ1) is 14.6. The van der Waals surface area contributed by atoms with E-state index in [4.69, 9.17) is 5.11 Å². The van der Waals surface area contributed by atoms with Gasteiger partial charge in [-0.15, -0.1) is 11.3 Å². The molecule has 20 heavy (non-hydrogen) atoms. The van der Waals surface area contributed by atoms with Crippen molar-refractivity contribution < 1.29 is 15.0 Å². The Bertz CT molecular complexity index is 551. The number of benzene rings is 1. The molecule has 0 fully saturated rings. The zero-order chi connectivity index (χ0) is 14.5. The molecule has 0 spiro atoms. The number of carbonyl (C=O) groups is 1. The third kappa shape index (κ3) is 3.82. The molecule has 3 N–H and O–H groups in total. The fourth-order valence-corrected chi connectivity index (χ4v) is 2.85. The maximum Gasteiger partial charge on any atom is 0.305 e. The third-order valence-electron chi connectivity index (χ3n) is 3.11. The molecule has 0 bridgehead atoms. The van der Waals surface area contributed by atoms with Gasteiger partial charge in [0.05, 0.1) is 12.5 Å². The predicted octanol–water partition coefficient (Wildman–Crippen LogP) is 3.32. The lowest BCUT2D eigenvalue weighted by Gasteiger charge is -2.21. The summed E-state index contributed by atoms with van der Waals surface area (Å²) in [6.07, 6.45) is 0.0446. The Morgan fingerprint density at radius 3 is 2.55 bits per heavy atom. The fourth-order valence-electron chi connectivity index (χ4n) is 2.07. The number of phenolic OH excluding ortho intramolecular Hbond substituents is 1. The van der Waals surface area contributed by atoms with Crippen LogP contribution in [0.4, 0.5) is 0 Å². The molecule has 0 aliphatic rings. The van der Waals surface area contributed by atoms with Gasteiger partial charge < -0.3 is 15.5 Å². The highest BCUT2D eigenvalue weighted by atomic mass is 32.1. The van der Waals surface area contributed by atoms with Gasteiger partial charge in [0.25, 0.3) is 0 Å². The molecule has 5 heteroatoms. The first-order valence-electron chi connectivity index (χ1n) is 6.36. The summed E-state index contributed by atoms with van der Waals surface area (Å²) in [5.74, 6) is -0.602. The Balaban J connectivity index is 2.11. The number of rotatable bonds is 6. The molecule has 2 rings (SSSR count). The highest BCUT2D eigenvalue weighted by Crippen LogP contribution is 2.26. The number of phenols is 1. The van der Waals surface area contributed by atoms with Gasteiger partial charge in [-0.2, -0.15) is 0 Å². The predicted molar refractivity (Wildman–Crippen MR) is 79.0 cm³/mol. The van der Waals surface area contributed by atoms with Gasteiger partial charge in [-0.05, 0) is 36.1 Å². The summed E-state index contributed by atoms with van der Waals surface area (Å²) in [5, 5.41) is 23.6. The lowest BCUT2D eigenvalue weighted by Crippen LogP contribution is -2.26. The van der Waals surface area contributed by atoms with Gasteiger partial charge in [-0.3, -0.25) is 4.79 Å². The molecule has 2 unspecified atom stereocenters. The maximum absolute atomic E-state index is 11.0. The van der Waals surface area contributed by atoms with E-state index in [1.165, 1.54) is 0 Å². The fraction of sp³-hybridized carbons (Fsp3) is 0.267. The zero-order valence-corrected chi connectivity index (χ0v) is 11.9. The van der Waals surface area contributed by atoms with Crippen LogP contribution in [0, 0.1) is 0 Å². The molecule has 106 valence electrons. The second kappa shape index (κ2) is 6.54. The number of carboxylic acid groups (broad SMARTS) is 1. The van der Waals surface area contributed by atoms with Crippen molar-refractivity contribution in [2.45, 2.75) is 25.4 Å². The van der Waals surface area contributed by atoms with Gasteiger partial charge in [0.15, 0.2) is 0 Å². The maximum atomic E-state index is 11.0. The van der Waals surface area contributed by atoms with Gasteiger partial charge in [-0.1, -0.05) is 18.2 Å². The Hall–Kier alpha value is -1.85. The van der Waals surface area contributed by atoms with E-state index in [0.717, 1.165) is 10.4 Å². The van der Waals surface area contributed by atoms with E-state index < -0.39 is 5.97 Å². The minimum Gasteiger partial charge on any atom is -0.508 e. The van der Waals surface area contributed by atoms with Gasteiger partial charge in [0.2, 0.25) is 0 Å². The monoisotopic (exact) mass is 291 g/mol. The Labute approximate surface area is 121 Å². The average Bonchev–Trinajstić information content (AvgIpc) is 2.92. The molecule has 0 saturated carbocycles. The summed E-state index contributed by atoms with van der Waals surface area (Å²) >= 11 is 1.55. The molecule has 0 aliphatic heterocycles. The molecular weight excluding hydrogens is 274 g/mol. The second-order valence-electron chi connectivity index (χ2n) is 4.65. The summed E-state index contributed by atoms with van der Waals surface area (Å²) in [4.78, 5) is 12.0. The molecule has 1 aromatic carbocycles. The van der Waals surface area contributed by atoms with Crippen molar-refractivity contribution in [3.05, 3.63) is 52.2 Å². The Morgan fingerprint density at radius 1 is 1.30 bits per heavy atom. The number of hydrogen-bond donors (Lipinski definition) is 3. The van der Waals surface area contributed by atoms with Crippen LogP contribution in [0.25, 0.3) is 0 Å². The molecule has 1 aromatic heterocycles. The van der Waals surface area contributed by atoms with E-state index in [1.54, 1.807) is 23.5 Å². The van der Waals surface area contributed by atoms with Crippen molar-refractivity contribution in [1.82, 2.24) is 5.32 Å². The zero-order valence-electron chi connectivity index (χ0n) is 11.1. The van der Waals surface area contributed by atoms with Crippen LogP contribution in [-0.4, -0.2) is 16.2 Å². The van der Waals surface area contributed by atoms with E-state index in [0.29, 0.717) is 0 Å². The smallest absolute Gasteiger partial charge is 0.305 e. The van der Waals surface area contributed by atoms with Crippen LogP contribution in [0.1, 0.15) is 35.9 Å². The van der Waals surface area contributed by atoms with Crippen LogP contribution < -0.4 is 5.32 Å². The summed E-state index contributed by atoms with van der Waals surface area (Å²) in [5.41, 5.74) is 1.01. The molecule has 0 saturated heterocycles. The molecule has 2 aromatic rings. The summed E-state index contributed by atoms with van der Waals surface area (Å²) in [7, 11) is 0. The van der Waals surface area contributed by atoms with Crippen molar-refractivity contribution >= 4 is 17.3 Å². The number of aromatic hydroxyl groups is 1. The van der Waals surface area contributed by atoms with Crippen molar-refractivity contribution in [2.75, 3.05) is 0 Å². The molecule has 2 atom stereocenters. The largest absolute Gasteiger partial charge is 0.508 e. The van der Waals surface area contributed by atoms with Crippen LogP contribution in [0.3, 0.4) is 0 Å². The Kier molecular flexibility index (Phi) is 4.76. The van der Waals surface area contributed by atoms with E-state index in [1.807, 2.05) is 36.6 Å². The molecular formula is C15H17NO3S. The minimum absolute atomic E-state index is 0.00190. The topological polar surface area (TPSA) is 69.6 Å². The van der Waals surface area contributed by atoms with E-state index >= 15 is 0 Å². The summed E-state index contributed by atoms with van der Waals surface area (Å²) in [6, 6.07) is 10.6. The van der Waals surface area contributed by atoms with Crippen LogP contribution in [0.2, 0.25) is 0 Å². The van der Waals surface area contributed by atoms with Crippen molar-refractivity contribution in [2.24, 2.45) is 0 Å². The summed E-state index contributed by atoms with van der Waals surface area (Å²) in [6.45, 7) is 1.98. The van der Waals surface area contributed by atoms with Gasteiger partial charge >= 0.3 is 5.97 Å². The SMILES string of the molecule is CC(NC(CC(=O)O)c1cccs1)c1ccc(O)cc1. The average molecular weight is 291 g/mol. The van der Waals surface area contributed by atoms with Gasteiger partial charge in [-0.25, -0.2) is 0 Å². The molecule has 0 aliphatic carbocycles. The number of aliphatic carboxylic acids is 1. The standard InChI is InChI=1S/C15H17NO3S/c1-10(11-4-6-12(17)7-5-11)16-13(9-15(18)19)14-3-2-8-20-14/h2-8,10,13,16-17H,9H2,1H3,(H,18,19). The van der Waals surface area contributed by atoms with Crippen molar-refractivity contribution in [1.29, 1.82) is 0 Å². The quantitative estimate of drug-likeness (QED) is 0.763. The van der Waals surface area contributed by atoms with Crippen LogP contribution in [0.5, 0.6) is 5.75 Å². The van der Waals surface area contributed by atoms with E-state index in [-0.39, 0.29) is 24.3 Å². The lowest BCUT2D eigenvalue weighted by molar-refractivity contribution is -0.137. The normalized spacial score (nSPS) is 13.8. The van der Waals surface area contributed by atoms with Crippen LogP contribution in [0.15, 0.2) is 41.8 Å². The molecule has 4 nitrogen and oxygen atoms in total. The summed E-state index contributed by atoms with van der Waals surface area (Å²) < 4.78 is 0. The number of thiophene rings is 1. The molecule has 1 heterocycles. The highest BCUT2D eigenvalue weighted by Gasteiger charge is 2.19. The minimum atomic E-state index is -0.825. The molecule has 0 radical (unpaired) electrons.